The van der Waals surface area contributed by atoms with E-state index in [2.05, 4.69) is 22.9 Å². The van der Waals surface area contributed by atoms with Crippen molar-refractivity contribution in [2.45, 2.75) is 50.3 Å². The molecule has 0 nitrogen and oxygen atoms in total. The molecular formula is C14H20BrF. The van der Waals surface area contributed by atoms with Gasteiger partial charge in [0.05, 0.1) is 0 Å². The molecule has 0 spiro atoms. The van der Waals surface area contributed by atoms with Crippen LogP contribution in [-0.2, 0) is 0 Å². The molecule has 0 radical (unpaired) electrons. The first-order valence-electron chi connectivity index (χ1n) is 6.13. The van der Waals surface area contributed by atoms with Crippen molar-refractivity contribution in [3.8, 4) is 0 Å². The van der Waals surface area contributed by atoms with Crippen LogP contribution >= 0.6 is 15.9 Å². The minimum absolute atomic E-state index is 0.161. The minimum atomic E-state index is -0.161. The predicted octanol–water partition coefficient (Wildman–Crippen LogP) is 5.62. The minimum Gasteiger partial charge on any atom is -0.207 e. The number of rotatable bonds is 7. The molecule has 0 aliphatic carbocycles. The van der Waals surface area contributed by atoms with Crippen LogP contribution < -0.4 is 0 Å². The molecule has 0 fully saturated rings. The summed E-state index contributed by atoms with van der Waals surface area (Å²) in [6.45, 7) is 2.23. The molecule has 2 heteroatoms. The average Bonchev–Trinajstić information content (AvgIpc) is 2.29. The van der Waals surface area contributed by atoms with Gasteiger partial charge in [0.25, 0.3) is 0 Å². The summed E-state index contributed by atoms with van der Waals surface area (Å²) in [6, 6.07) is 6.78. The van der Waals surface area contributed by atoms with Gasteiger partial charge in [0.15, 0.2) is 0 Å². The van der Waals surface area contributed by atoms with Gasteiger partial charge in [-0.25, -0.2) is 4.39 Å². The topological polar surface area (TPSA) is 0 Å². The Balaban J connectivity index is 2.24. The first-order valence-corrected chi connectivity index (χ1v) is 7.05. The molecular weight excluding hydrogens is 267 g/mol. The van der Waals surface area contributed by atoms with E-state index < -0.39 is 0 Å². The monoisotopic (exact) mass is 286 g/mol. The third-order valence-corrected chi connectivity index (χ3v) is 3.78. The van der Waals surface area contributed by atoms with Gasteiger partial charge in [-0.15, -0.1) is 0 Å². The van der Waals surface area contributed by atoms with Crippen LogP contribution in [0.15, 0.2) is 24.3 Å². The third-order valence-electron chi connectivity index (χ3n) is 2.79. The fourth-order valence-corrected chi connectivity index (χ4v) is 2.39. The summed E-state index contributed by atoms with van der Waals surface area (Å²) in [5.41, 5.74) is 1.18. The number of hydrogen-bond acceptors (Lipinski definition) is 0. The number of halogens is 2. The lowest BCUT2D eigenvalue weighted by atomic mass is 10.0. The van der Waals surface area contributed by atoms with Gasteiger partial charge in [-0.2, -0.15) is 0 Å². The van der Waals surface area contributed by atoms with Crippen LogP contribution in [0.25, 0.3) is 0 Å². The molecule has 0 N–H and O–H groups in total. The first kappa shape index (κ1) is 13.7. The highest BCUT2D eigenvalue weighted by atomic mass is 79.9. The van der Waals surface area contributed by atoms with E-state index in [9.17, 15) is 4.39 Å². The van der Waals surface area contributed by atoms with Crippen molar-refractivity contribution < 1.29 is 4.39 Å². The zero-order valence-corrected chi connectivity index (χ0v) is 11.5. The van der Waals surface area contributed by atoms with Crippen LogP contribution in [0.1, 0.15) is 55.8 Å². The zero-order chi connectivity index (χ0) is 11.8. The predicted molar refractivity (Wildman–Crippen MR) is 71.4 cm³/mol. The number of hydrogen-bond donors (Lipinski definition) is 0. The van der Waals surface area contributed by atoms with Crippen molar-refractivity contribution in [3.63, 3.8) is 0 Å². The Morgan fingerprint density at radius 2 is 1.69 bits per heavy atom. The maximum absolute atomic E-state index is 12.7. The molecule has 0 aliphatic heterocycles. The van der Waals surface area contributed by atoms with Crippen molar-refractivity contribution in [3.05, 3.63) is 35.6 Å². The molecule has 1 aromatic carbocycles. The fraction of sp³-hybridized carbons (Fsp3) is 0.571. The summed E-state index contributed by atoms with van der Waals surface area (Å²) >= 11 is 3.66. The summed E-state index contributed by atoms with van der Waals surface area (Å²) in [4.78, 5) is 0.370. The Morgan fingerprint density at radius 1 is 1.06 bits per heavy atom. The van der Waals surface area contributed by atoms with E-state index in [4.69, 9.17) is 0 Å². The van der Waals surface area contributed by atoms with Crippen LogP contribution in [0, 0.1) is 5.82 Å². The van der Waals surface area contributed by atoms with Crippen LogP contribution in [0.4, 0.5) is 4.39 Å². The van der Waals surface area contributed by atoms with Gasteiger partial charge >= 0.3 is 0 Å². The van der Waals surface area contributed by atoms with Gasteiger partial charge in [0.2, 0.25) is 0 Å². The SMILES string of the molecule is CCCCCCCC(Br)c1ccc(F)cc1. The lowest BCUT2D eigenvalue weighted by Crippen LogP contribution is -1.90. The second-order valence-corrected chi connectivity index (χ2v) is 5.33. The van der Waals surface area contributed by atoms with Crippen LogP contribution in [-0.4, -0.2) is 0 Å². The van der Waals surface area contributed by atoms with E-state index in [1.807, 2.05) is 12.1 Å². The number of alkyl halides is 1. The average molecular weight is 287 g/mol. The molecule has 1 rings (SSSR count). The smallest absolute Gasteiger partial charge is 0.123 e. The molecule has 90 valence electrons. The van der Waals surface area contributed by atoms with Gasteiger partial charge in [-0.3, -0.25) is 0 Å². The summed E-state index contributed by atoms with van der Waals surface area (Å²) in [6.07, 6.45) is 7.64. The highest BCUT2D eigenvalue weighted by Crippen LogP contribution is 2.28. The van der Waals surface area contributed by atoms with Crippen LogP contribution in [0.3, 0.4) is 0 Å². The maximum Gasteiger partial charge on any atom is 0.123 e. The molecule has 0 bridgehead atoms. The normalized spacial score (nSPS) is 12.7. The molecule has 0 amide bonds. The van der Waals surface area contributed by atoms with Gasteiger partial charge in [-0.05, 0) is 24.1 Å². The molecule has 0 saturated heterocycles. The molecule has 16 heavy (non-hydrogen) atoms. The molecule has 1 unspecified atom stereocenters. The Morgan fingerprint density at radius 3 is 2.31 bits per heavy atom. The van der Waals surface area contributed by atoms with Gasteiger partial charge in [0.1, 0.15) is 5.82 Å². The zero-order valence-electron chi connectivity index (χ0n) is 9.89. The Bertz CT molecular complexity index is 281. The van der Waals surface area contributed by atoms with Crippen molar-refractivity contribution in [1.82, 2.24) is 0 Å². The van der Waals surface area contributed by atoms with E-state index in [1.54, 1.807) is 0 Å². The Labute approximate surface area is 106 Å². The highest BCUT2D eigenvalue weighted by Gasteiger charge is 2.06. The standard InChI is InChI=1S/C14H20BrF/c1-2-3-4-5-6-7-14(15)12-8-10-13(16)11-9-12/h8-11,14H,2-7H2,1H3. The molecule has 0 heterocycles. The first-order chi connectivity index (χ1) is 7.74. The van der Waals surface area contributed by atoms with E-state index in [-0.39, 0.29) is 5.82 Å². The maximum atomic E-state index is 12.7. The molecule has 0 aliphatic rings. The number of benzene rings is 1. The largest absolute Gasteiger partial charge is 0.207 e. The quantitative estimate of drug-likeness (QED) is 0.451. The second kappa shape index (κ2) is 7.83. The third kappa shape index (κ3) is 5.11. The van der Waals surface area contributed by atoms with Crippen molar-refractivity contribution in [2.24, 2.45) is 0 Å². The lowest BCUT2D eigenvalue weighted by molar-refractivity contribution is 0.604. The summed E-state index contributed by atoms with van der Waals surface area (Å²) in [5.74, 6) is -0.161. The summed E-state index contributed by atoms with van der Waals surface area (Å²) in [7, 11) is 0. The number of unbranched alkanes of at least 4 members (excludes halogenated alkanes) is 4. The van der Waals surface area contributed by atoms with Crippen LogP contribution in [0.2, 0.25) is 0 Å². The van der Waals surface area contributed by atoms with Gasteiger partial charge < -0.3 is 0 Å². The molecule has 0 aromatic heterocycles. The van der Waals surface area contributed by atoms with Crippen molar-refractivity contribution >= 4 is 15.9 Å². The Kier molecular flexibility index (Phi) is 6.70. The second-order valence-electron chi connectivity index (χ2n) is 4.22. The molecule has 1 atom stereocenters. The summed E-state index contributed by atoms with van der Waals surface area (Å²) in [5, 5.41) is 0. The van der Waals surface area contributed by atoms with E-state index >= 15 is 0 Å². The Hall–Kier alpha value is -0.370. The van der Waals surface area contributed by atoms with Crippen LogP contribution in [0.5, 0.6) is 0 Å². The van der Waals surface area contributed by atoms with Gasteiger partial charge in [-0.1, -0.05) is 67.1 Å². The van der Waals surface area contributed by atoms with Gasteiger partial charge in [0, 0.05) is 4.83 Å². The molecule has 1 aromatic rings. The van der Waals surface area contributed by atoms with Crippen molar-refractivity contribution in [2.75, 3.05) is 0 Å². The van der Waals surface area contributed by atoms with E-state index in [0.717, 1.165) is 6.42 Å². The summed E-state index contributed by atoms with van der Waals surface area (Å²) < 4.78 is 12.7. The van der Waals surface area contributed by atoms with E-state index in [1.165, 1.54) is 49.8 Å². The molecule has 0 saturated carbocycles. The van der Waals surface area contributed by atoms with Crippen molar-refractivity contribution in [1.29, 1.82) is 0 Å². The fourth-order valence-electron chi connectivity index (χ4n) is 1.77. The lowest BCUT2D eigenvalue weighted by Gasteiger charge is -2.09. The van der Waals surface area contributed by atoms with E-state index in [0.29, 0.717) is 4.83 Å². The highest BCUT2D eigenvalue weighted by molar-refractivity contribution is 9.09.